The monoisotopic (exact) mass is 256 g/mol. The number of hydrogen-bond acceptors (Lipinski definition) is 2. The second-order valence-electron chi connectivity index (χ2n) is 5.56. The summed E-state index contributed by atoms with van der Waals surface area (Å²) < 4.78 is 5.20. The second kappa shape index (κ2) is 9.20. The zero-order valence-corrected chi connectivity index (χ0v) is 11.8. The van der Waals surface area contributed by atoms with Crippen LogP contribution in [0.3, 0.4) is 0 Å². The molecule has 1 fully saturated rings. The summed E-state index contributed by atoms with van der Waals surface area (Å²) in [5.74, 6) is 0.808. The van der Waals surface area contributed by atoms with Crippen molar-refractivity contribution in [1.82, 2.24) is 10.6 Å². The lowest BCUT2D eigenvalue weighted by Gasteiger charge is -2.11. The van der Waals surface area contributed by atoms with Crippen molar-refractivity contribution in [2.75, 3.05) is 19.8 Å². The second-order valence-corrected chi connectivity index (χ2v) is 5.56. The van der Waals surface area contributed by atoms with Gasteiger partial charge in [-0.15, -0.1) is 0 Å². The first-order valence-electron chi connectivity index (χ1n) is 7.30. The molecule has 2 N–H and O–H groups in total. The van der Waals surface area contributed by atoms with E-state index in [4.69, 9.17) is 4.74 Å². The highest BCUT2D eigenvalue weighted by molar-refractivity contribution is 5.74. The largest absolute Gasteiger partial charge is 0.379 e. The van der Waals surface area contributed by atoms with Crippen LogP contribution >= 0.6 is 0 Å². The molecule has 1 saturated heterocycles. The molecule has 0 aromatic heterocycles. The van der Waals surface area contributed by atoms with Gasteiger partial charge in [0.15, 0.2) is 0 Å². The third-order valence-corrected chi connectivity index (χ3v) is 3.26. The number of nitrogens with one attached hydrogen (secondary N) is 2. The number of ether oxygens (including phenoxy) is 1. The molecule has 1 aliphatic rings. The van der Waals surface area contributed by atoms with Gasteiger partial charge in [-0.1, -0.05) is 39.5 Å². The van der Waals surface area contributed by atoms with Crippen LogP contribution in [-0.2, 0) is 4.74 Å². The SMILES string of the molecule is CC(C)CCCCCCNC(=O)NC1CCOC1. The zero-order valence-electron chi connectivity index (χ0n) is 11.8. The first-order valence-corrected chi connectivity index (χ1v) is 7.30. The van der Waals surface area contributed by atoms with E-state index >= 15 is 0 Å². The average Bonchev–Trinajstić information content (AvgIpc) is 2.80. The molecule has 0 spiro atoms. The minimum absolute atomic E-state index is 0.0484. The van der Waals surface area contributed by atoms with Crippen LogP contribution in [0.15, 0.2) is 0 Å². The number of rotatable bonds is 8. The fraction of sp³-hybridized carbons (Fsp3) is 0.929. The molecular weight excluding hydrogens is 228 g/mol. The molecule has 4 nitrogen and oxygen atoms in total. The van der Waals surface area contributed by atoms with E-state index in [1.807, 2.05) is 0 Å². The molecule has 0 aromatic carbocycles. The lowest BCUT2D eigenvalue weighted by molar-refractivity contribution is 0.188. The van der Waals surface area contributed by atoms with Gasteiger partial charge in [-0.25, -0.2) is 4.79 Å². The Morgan fingerprint density at radius 1 is 1.28 bits per heavy atom. The van der Waals surface area contributed by atoms with Gasteiger partial charge in [0.2, 0.25) is 0 Å². The number of carbonyl (C=O) groups is 1. The Labute approximate surface area is 111 Å². The quantitative estimate of drug-likeness (QED) is 0.656. The van der Waals surface area contributed by atoms with Crippen LogP contribution in [0.25, 0.3) is 0 Å². The average molecular weight is 256 g/mol. The van der Waals surface area contributed by atoms with E-state index in [0.717, 1.165) is 31.9 Å². The van der Waals surface area contributed by atoms with E-state index in [0.29, 0.717) is 6.61 Å². The normalized spacial score (nSPS) is 19.2. The molecule has 1 rings (SSSR count). The minimum Gasteiger partial charge on any atom is -0.379 e. The topological polar surface area (TPSA) is 50.4 Å². The molecule has 106 valence electrons. The maximum absolute atomic E-state index is 11.5. The van der Waals surface area contributed by atoms with Crippen molar-refractivity contribution >= 4 is 6.03 Å². The summed E-state index contributed by atoms with van der Waals surface area (Å²) in [6, 6.07) is 0.156. The van der Waals surface area contributed by atoms with E-state index in [9.17, 15) is 4.79 Å². The van der Waals surface area contributed by atoms with Gasteiger partial charge in [0, 0.05) is 13.2 Å². The summed E-state index contributed by atoms with van der Waals surface area (Å²) in [4.78, 5) is 11.5. The molecular formula is C14H28N2O2. The smallest absolute Gasteiger partial charge is 0.315 e. The van der Waals surface area contributed by atoms with Gasteiger partial charge in [-0.05, 0) is 18.8 Å². The lowest BCUT2D eigenvalue weighted by Crippen LogP contribution is -2.42. The summed E-state index contributed by atoms with van der Waals surface area (Å²) in [5, 5.41) is 5.82. The van der Waals surface area contributed by atoms with Gasteiger partial charge in [0.1, 0.15) is 0 Å². The van der Waals surface area contributed by atoms with Gasteiger partial charge >= 0.3 is 6.03 Å². The molecule has 0 aliphatic carbocycles. The first kappa shape index (κ1) is 15.3. The standard InChI is InChI=1S/C14H28N2O2/c1-12(2)7-5-3-4-6-9-15-14(17)16-13-8-10-18-11-13/h12-13H,3-11H2,1-2H3,(H2,15,16,17). The van der Waals surface area contributed by atoms with E-state index < -0.39 is 0 Å². The lowest BCUT2D eigenvalue weighted by atomic mass is 10.0. The Hall–Kier alpha value is -0.770. The maximum atomic E-state index is 11.5. The van der Waals surface area contributed by atoms with E-state index in [1.54, 1.807) is 0 Å². The number of urea groups is 1. The number of unbranched alkanes of at least 4 members (excludes halogenated alkanes) is 3. The van der Waals surface area contributed by atoms with Crippen molar-refractivity contribution in [1.29, 1.82) is 0 Å². The molecule has 1 unspecified atom stereocenters. The first-order chi connectivity index (χ1) is 8.68. The summed E-state index contributed by atoms with van der Waals surface area (Å²) in [6.45, 7) is 6.72. The van der Waals surface area contributed by atoms with Crippen molar-refractivity contribution in [3.8, 4) is 0 Å². The van der Waals surface area contributed by atoms with Crippen LogP contribution in [0.2, 0.25) is 0 Å². The van der Waals surface area contributed by atoms with Crippen LogP contribution in [-0.4, -0.2) is 31.8 Å². The van der Waals surface area contributed by atoms with E-state index in [1.165, 1.54) is 25.7 Å². The van der Waals surface area contributed by atoms with Crippen LogP contribution in [0.1, 0.15) is 52.4 Å². The highest BCUT2D eigenvalue weighted by Gasteiger charge is 2.16. The van der Waals surface area contributed by atoms with Crippen molar-refractivity contribution < 1.29 is 9.53 Å². The van der Waals surface area contributed by atoms with Crippen molar-refractivity contribution in [3.63, 3.8) is 0 Å². The molecule has 2 amide bonds. The summed E-state index contributed by atoms with van der Waals surface area (Å²) >= 11 is 0. The highest BCUT2D eigenvalue weighted by Crippen LogP contribution is 2.09. The number of carbonyl (C=O) groups excluding carboxylic acids is 1. The van der Waals surface area contributed by atoms with Crippen molar-refractivity contribution in [2.45, 2.75) is 58.4 Å². The molecule has 0 radical (unpaired) electrons. The molecule has 1 atom stereocenters. The Kier molecular flexibility index (Phi) is 7.81. The van der Waals surface area contributed by atoms with E-state index in [2.05, 4.69) is 24.5 Å². The molecule has 18 heavy (non-hydrogen) atoms. The summed E-state index contributed by atoms with van der Waals surface area (Å²) in [5.41, 5.74) is 0. The van der Waals surface area contributed by atoms with Crippen LogP contribution in [0, 0.1) is 5.92 Å². The van der Waals surface area contributed by atoms with Gasteiger partial charge in [-0.2, -0.15) is 0 Å². The summed E-state index contributed by atoms with van der Waals surface area (Å²) in [7, 11) is 0. The molecule has 0 aromatic rings. The van der Waals surface area contributed by atoms with Crippen molar-refractivity contribution in [3.05, 3.63) is 0 Å². The Morgan fingerprint density at radius 3 is 2.72 bits per heavy atom. The van der Waals surface area contributed by atoms with Crippen LogP contribution in [0.5, 0.6) is 0 Å². The Balaban J connectivity index is 1.86. The fourth-order valence-corrected chi connectivity index (χ4v) is 2.12. The Bertz CT molecular complexity index is 226. The molecule has 4 heteroatoms. The fourth-order valence-electron chi connectivity index (χ4n) is 2.12. The summed E-state index contributed by atoms with van der Waals surface area (Å²) in [6.07, 6.45) is 7.12. The third kappa shape index (κ3) is 7.54. The molecule has 1 aliphatic heterocycles. The Morgan fingerprint density at radius 2 is 2.06 bits per heavy atom. The number of hydrogen-bond donors (Lipinski definition) is 2. The van der Waals surface area contributed by atoms with Crippen LogP contribution < -0.4 is 10.6 Å². The maximum Gasteiger partial charge on any atom is 0.315 e. The zero-order chi connectivity index (χ0) is 13.2. The van der Waals surface area contributed by atoms with Gasteiger partial charge < -0.3 is 15.4 Å². The van der Waals surface area contributed by atoms with E-state index in [-0.39, 0.29) is 12.1 Å². The number of amides is 2. The van der Waals surface area contributed by atoms with Gasteiger partial charge in [0.05, 0.1) is 12.6 Å². The predicted octanol–water partition coefficient (Wildman–Crippen LogP) is 2.68. The molecule has 1 heterocycles. The molecule has 0 saturated carbocycles. The third-order valence-electron chi connectivity index (χ3n) is 3.26. The predicted molar refractivity (Wildman–Crippen MR) is 73.7 cm³/mol. The van der Waals surface area contributed by atoms with Gasteiger partial charge in [0.25, 0.3) is 0 Å². The minimum atomic E-state index is -0.0484. The molecule has 0 bridgehead atoms. The van der Waals surface area contributed by atoms with Gasteiger partial charge in [-0.3, -0.25) is 0 Å². The highest BCUT2D eigenvalue weighted by atomic mass is 16.5. The van der Waals surface area contributed by atoms with Crippen molar-refractivity contribution in [2.24, 2.45) is 5.92 Å². The van der Waals surface area contributed by atoms with Crippen LogP contribution in [0.4, 0.5) is 4.79 Å².